The highest BCUT2D eigenvalue weighted by Gasteiger charge is 1.97. The number of hydrogen-bond donors (Lipinski definition) is 1. The van der Waals surface area contributed by atoms with Gasteiger partial charge in [-0.2, -0.15) is 0 Å². The number of halogens is 1. The van der Waals surface area contributed by atoms with Crippen molar-refractivity contribution in [1.82, 2.24) is 0 Å². The second-order valence-electron chi connectivity index (χ2n) is 4.22. The molecule has 0 atom stereocenters. The summed E-state index contributed by atoms with van der Waals surface area (Å²) in [4.78, 5) is 1.30. The van der Waals surface area contributed by atoms with Crippen LogP contribution in [0.2, 0.25) is 0 Å². The predicted octanol–water partition coefficient (Wildman–Crippen LogP) is 5.09. The summed E-state index contributed by atoms with van der Waals surface area (Å²) in [5, 5.41) is 3.44. The van der Waals surface area contributed by atoms with Gasteiger partial charge in [0.05, 0.1) is 0 Å². The molecule has 2 rings (SSSR count). The van der Waals surface area contributed by atoms with E-state index in [1.807, 2.05) is 0 Å². The average molecular weight is 322 g/mol. The summed E-state index contributed by atoms with van der Waals surface area (Å²) in [7, 11) is 0. The molecule has 0 amide bonds. The van der Waals surface area contributed by atoms with Crippen molar-refractivity contribution < 1.29 is 0 Å². The van der Waals surface area contributed by atoms with Crippen LogP contribution in [0, 0.1) is 6.92 Å². The summed E-state index contributed by atoms with van der Waals surface area (Å²) in [6.45, 7) is 2.95. The third-order valence-electron chi connectivity index (χ3n) is 2.70. The number of aryl methyl sites for hydroxylation is 1. The minimum absolute atomic E-state index is 0.852. The second-order valence-corrected chi connectivity index (χ2v) is 6.01. The molecule has 0 fully saturated rings. The number of rotatable bonds is 4. The molecular formula is C15H16BrNS. The minimum atomic E-state index is 0.852. The molecule has 2 aromatic carbocycles. The lowest BCUT2D eigenvalue weighted by Gasteiger charge is -2.08. The molecule has 2 aromatic rings. The topological polar surface area (TPSA) is 12.0 Å². The van der Waals surface area contributed by atoms with Gasteiger partial charge < -0.3 is 5.32 Å². The van der Waals surface area contributed by atoms with E-state index in [9.17, 15) is 0 Å². The lowest BCUT2D eigenvalue weighted by molar-refractivity contribution is 1.14. The number of thioether (sulfide) groups is 1. The molecule has 0 aliphatic rings. The van der Waals surface area contributed by atoms with E-state index in [-0.39, 0.29) is 0 Å². The largest absolute Gasteiger partial charge is 0.381 e. The monoisotopic (exact) mass is 321 g/mol. The number of benzene rings is 2. The molecule has 0 heterocycles. The third-order valence-corrected chi connectivity index (χ3v) is 3.90. The van der Waals surface area contributed by atoms with Crippen LogP contribution in [0.25, 0.3) is 0 Å². The van der Waals surface area contributed by atoms with Crippen LogP contribution in [-0.2, 0) is 6.54 Å². The van der Waals surface area contributed by atoms with Gasteiger partial charge in [-0.25, -0.2) is 0 Å². The van der Waals surface area contributed by atoms with E-state index in [0.29, 0.717) is 0 Å². The zero-order valence-electron chi connectivity index (χ0n) is 10.5. The Morgan fingerprint density at radius 1 is 1.11 bits per heavy atom. The lowest BCUT2D eigenvalue weighted by atomic mass is 10.2. The average Bonchev–Trinajstić information content (AvgIpc) is 2.36. The molecule has 0 unspecified atom stereocenters. The Bertz CT molecular complexity index is 502. The van der Waals surface area contributed by atoms with E-state index in [4.69, 9.17) is 0 Å². The van der Waals surface area contributed by atoms with Crippen molar-refractivity contribution >= 4 is 33.4 Å². The summed E-state index contributed by atoms with van der Waals surface area (Å²) in [5.74, 6) is 0. The fourth-order valence-electron chi connectivity index (χ4n) is 1.79. The van der Waals surface area contributed by atoms with Crippen LogP contribution in [-0.4, -0.2) is 6.26 Å². The lowest BCUT2D eigenvalue weighted by Crippen LogP contribution is -1.99. The summed E-state index contributed by atoms with van der Waals surface area (Å²) in [6.07, 6.45) is 2.09. The van der Waals surface area contributed by atoms with Crippen LogP contribution in [0.15, 0.2) is 51.8 Å². The Labute approximate surface area is 121 Å². The molecule has 0 aromatic heterocycles. The van der Waals surface area contributed by atoms with Crippen LogP contribution in [0.4, 0.5) is 5.69 Å². The fourth-order valence-corrected chi connectivity index (χ4v) is 2.80. The van der Waals surface area contributed by atoms with Gasteiger partial charge in [-0.15, -0.1) is 11.8 Å². The Balaban J connectivity index is 2.01. The zero-order chi connectivity index (χ0) is 13.0. The molecule has 0 aliphatic heterocycles. The first kappa shape index (κ1) is 13.5. The molecule has 94 valence electrons. The first-order valence-electron chi connectivity index (χ1n) is 5.81. The van der Waals surface area contributed by atoms with Gasteiger partial charge in [0.2, 0.25) is 0 Å². The Morgan fingerprint density at radius 3 is 2.44 bits per heavy atom. The van der Waals surface area contributed by atoms with Crippen molar-refractivity contribution in [3.8, 4) is 0 Å². The Hall–Kier alpha value is -0.930. The van der Waals surface area contributed by atoms with Crippen molar-refractivity contribution in [2.24, 2.45) is 0 Å². The quantitative estimate of drug-likeness (QED) is 0.787. The van der Waals surface area contributed by atoms with Gasteiger partial charge in [-0.1, -0.05) is 28.1 Å². The predicted molar refractivity (Wildman–Crippen MR) is 84.4 cm³/mol. The van der Waals surface area contributed by atoms with Crippen LogP contribution in [0.3, 0.4) is 0 Å². The smallest absolute Gasteiger partial charge is 0.0400 e. The maximum absolute atomic E-state index is 3.52. The third kappa shape index (κ3) is 3.79. The molecule has 0 saturated heterocycles. The molecule has 1 N–H and O–H groups in total. The van der Waals surface area contributed by atoms with Gasteiger partial charge in [0.25, 0.3) is 0 Å². The summed E-state index contributed by atoms with van der Waals surface area (Å²) in [5.41, 5.74) is 3.70. The van der Waals surface area contributed by atoms with Crippen molar-refractivity contribution in [2.45, 2.75) is 18.4 Å². The minimum Gasteiger partial charge on any atom is -0.381 e. The first-order chi connectivity index (χ1) is 8.67. The highest BCUT2D eigenvalue weighted by atomic mass is 79.9. The van der Waals surface area contributed by atoms with Crippen molar-refractivity contribution in [3.05, 3.63) is 58.1 Å². The van der Waals surface area contributed by atoms with Gasteiger partial charge in [-0.05, 0) is 54.6 Å². The molecule has 0 spiro atoms. The number of nitrogens with one attached hydrogen (secondary N) is 1. The zero-order valence-corrected chi connectivity index (χ0v) is 12.9. The van der Waals surface area contributed by atoms with E-state index in [1.165, 1.54) is 16.0 Å². The van der Waals surface area contributed by atoms with E-state index in [2.05, 4.69) is 76.9 Å². The summed E-state index contributed by atoms with van der Waals surface area (Å²) >= 11 is 5.28. The van der Waals surface area contributed by atoms with Gasteiger partial charge >= 0.3 is 0 Å². The van der Waals surface area contributed by atoms with Gasteiger partial charge in [0.15, 0.2) is 0 Å². The molecule has 1 nitrogen and oxygen atoms in total. The molecule has 0 radical (unpaired) electrons. The number of hydrogen-bond acceptors (Lipinski definition) is 2. The van der Waals surface area contributed by atoms with Gasteiger partial charge in [0.1, 0.15) is 0 Å². The highest BCUT2D eigenvalue weighted by molar-refractivity contribution is 9.10. The second kappa shape index (κ2) is 6.30. The van der Waals surface area contributed by atoms with Gasteiger partial charge in [-0.3, -0.25) is 0 Å². The molecule has 0 bridgehead atoms. The Morgan fingerprint density at radius 2 is 1.83 bits per heavy atom. The maximum Gasteiger partial charge on any atom is 0.0400 e. The van der Waals surface area contributed by atoms with Crippen molar-refractivity contribution in [1.29, 1.82) is 0 Å². The van der Waals surface area contributed by atoms with Crippen LogP contribution >= 0.6 is 27.7 Å². The van der Waals surface area contributed by atoms with Crippen molar-refractivity contribution in [2.75, 3.05) is 11.6 Å². The standard InChI is InChI=1S/C15H16BrNS/c1-11-7-13(16)9-14(8-11)17-10-12-3-5-15(18-2)6-4-12/h3-9,17H,10H2,1-2H3. The summed E-state index contributed by atoms with van der Waals surface area (Å²) < 4.78 is 1.11. The van der Waals surface area contributed by atoms with Crippen molar-refractivity contribution in [3.63, 3.8) is 0 Å². The first-order valence-corrected chi connectivity index (χ1v) is 7.83. The van der Waals surface area contributed by atoms with Crippen LogP contribution in [0.5, 0.6) is 0 Å². The molecule has 0 saturated carbocycles. The Kier molecular flexibility index (Phi) is 4.72. The molecule has 18 heavy (non-hydrogen) atoms. The highest BCUT2D eigenvalue weighted by Crippen LogP contribution is 2.20. The van der Waals surface area contributed by atoms with Gasteiger partial charge in [0, 0.05) is 21.6 Å². The fraction of sp³-hybridized carbons (Fsp3) is 0.200. The number of anilines is 1. The van der Waals surface area contributed by atoms with Crippen LogP contribution < -0.4 is 5.32 Å². The van der Waals surface area contributed by atoms with E-state index in [1.54, 1.807) is 11.8 Å². The maximum atomic E-state index is 3.52. The molecular weight excluding hydrogens is 306 g/mol. The SMILES string of the molecule is CSc1ccc(CNc2cc(C)cc(Br)c2)cc1. The molecule has 3 heteroatoms. The van der Waals surface area contributed by atoms with Crippen LogP contribution in [0.1, 0.15) is 11.1 Å². The van der Waals surface area contributed by atoms with E-state index in [0.717, 1.165) is 16.7 Å². The van der Waals surface area contributed by atoms with E-state index >= 15 is 0 Å². The summed E-state index contributed by atoms with van der Waals surface area (Å²) in [6, 6.07) is 15.0. The van der Waals surface area contributed by atoms with E-state index < -0.39 is 0 Å². The normalized spacial score (nSPS) is 10.4. The molecule has 0 aliphatic carbocycles.